The number of carbonyl (C=O) groups excluding carboxylic acids is 1. The van der Waals surface area contributed by atoms with Crippen LogP contribution < -0.4 is 5.32 Å². The van der Waals surface area contributed by atoms with Crippen LogP contribution in [0.3, 0.4) is 0 Å². The first kappa shape index (κ1) is 14.8. The third-order valence-electron chi connectivity index (χ3n) is 4.40. The lowest BCUT2D eigenvalue weighted by atomic mass is 10.0. The average Bonchev–Trinajstić information content (AvgIpc) is 2.97. The molecule has 4 heteroatoms. The van der Waals surface area contributed by atoms with Gasteiger partial charge in [0.05, 0.1) is 24.4 Å². The van der Waals surface area contributed by atoms with Crippen LogP contribution in [0.2, 0.25) is 0 Å². The Morgan fingerprint density at radius 3 is 2.68 bits per heavy atom. The third-order valence-corrected chi connectivity index (χ3v) is 4.40. The molecule has 2 aliphatic rings. The van der Waals surface area contributed by atoms with E-state index in [9.17, 15) is 4.79 Å². The second kappa shape index (κ2) is 6.23. The highest BCUT2D eigenvalue weighted by molar-refractivity contribution is 5.85. The van der Waals surface area contributed by atoms with Crippen molar-refractivity contribution in [1.29, 1.82) is 0 Å². The second-order valence-electron chi connectivity index (χ2n) is 6.23. The van der Waals surface area contributed by atoms with E-state index in [1.54, 1.807) is 0 Å². The Morgan fingerprint density at radius 2 is 2.16 bits per heavy atom. The zero-order valence-electron chi connectivity index (χ0n) is 12.7. The summed E-state index contributed by atoms with van der Waals surface area (Å²) in [5, 5.41) is 3.52. The van der Waals surface area contributed by atoms with Crippen molar-refractivity contribution in [2.24, 2.45) is 5.92 Å². The second-order valence-corrected chi connectivity index (χ2v) is 6.23. The zero-order valence-corrected chi connectivity index (χ0v) is 12.7. The van der Waals surface area contributed by atoms with Gasteiger partial charge in [0.1, 0.15) is 0 Å². The molecule has 1 amide bonds. The van der Waals surface area contributed by atoms with Gasteiger partial charge >= 0.3 is 0 Å². The van der Waals surface area contributed by atoms with E-state index in [0.29, 0.717) is 5.92 Å². The van der Waals surface area contributed by atoms with Gasteiger partial charge in [-0.1, -0.05) is 27.2 Å². The number of amides is 1. The maximum Gasteiger partial charge on any atom is 0.241 e. The van der Waals surface area contributed by atoms with E-state index >= 15 is 0 Å². The minimum Gasteiger partial charge on any atom is -0.376 e. The Hall–Kier alpha value is -0.610. The number of carbonyl (C=O) groups is 1. The summed E-state index contributed by atoms with van der Waals surface area (Å²) in [6.07, 6.45) is 4.71. The van der Waals surface area contributed by atoms with Gasteiger partial charge in [0, 0.05) is 6.61 Å². The van der Waals surface area contributed by atoms with Crippen molar-refractivity contribution in [2.75, 3.05) is 6.61 Å². The largest absolute Gasteiger partial charge is 0.376 e. The predicted octanol–water partition coefficient (Wildman–Crippen LogP) is 2.14. The van der Waals surface area contributed by atoms with Crippen LogP contribution in [0.1, 0.15) is 53.4 Å². The summed E-state index contributed by atoms with van der Waals surface area (Å²) in [5.41, 5.74) is 0. The van der Waals surface area contributed by atoms with Crippen molar-refractivity contribution >= 4 is 5.91 Å². The molecule has 4 nitrogen and oxygen atoms in total. The molecule has 2 fully saturated rings. The maximum atomic E-state index is 12.6. The molecule has 4 atom stereocenters. The highest BCUT2D eigenvalue weighted by atomic mass is 16.5. The summed E-state index contributed by atoms with van der Waals surface area (Å²) >= 11 is 0. The number of hydrogen-bond donors (Lipinski definition) is 1. The molecule has 2 rings (SSSR count). The predicted molar refractivity (Wildman–Crippen MR) is 75.7 cm³/mol. The first-order valence-corrected chi connectivity index (χ1v) is 7.76. The summed E-state index contributed by atoms with van der Waals surface area (Å²) in [4.78, 5) is 14.7. The van der Waals surface area contributed by atoms with E-state index in [-0.39, 0.29) is 30.3 Å². The molecule has 2 aliphatic heterocycles. The van der Waals surface area contributed by atoms with Gasteiger partial charge in [0.15, 0.2) is 0 Å². The summed E-state index contributed by atoms with van der Waals surface area (Å²) in [5.74, 6) is 0.602. The molecular formula is C15H28N2O2. The Morgan fingerprint density at radius 1 is 1.42 bits per heavy atom. The summed E-state index contributed by atoms with van der Waals surface area (Å²) < 4.78 is 5.78. The van der Waals surface area contributed by atoms with E-state index in [2.05, 4.69) is 37.9 Å². The minimum atomic E-state index is -0.0274. The Kier molecular flexibility index (Phi) is 4.85. The van der Waals surface area contributed by atoms with Crippen molar-refractivity contribution in [3.8, 4) is 0 Å². The van der Waals surface area contributed by atoms with E-state index in [1.165, 1.54) is 0 Å². The Balaban J connectivity index is 2.11. The third kappa shape index (κ3) is 2.95. The standard InChI is InChI=1S/C15H28N2O2/c1-5-7-13-16-14(10(2)3)15(18)17(13)11(4)12-8-6-9-19-12/h10-14,16H,5-9H2,1-4H3. The van der Waals surface area contributed by atoms with Crippen LogP contribution in [0.5, 0.6) is 0 Å². The molecule has 0 saturated carbocycles. The van der Waals surface area contributed by atoms with Gasteiger partial charge in [-0.25, -0.2) is 0 Å². The van der Waals surface area contributed by atoms with Crippen molar-refractivity contribution in [3.05, 3.63) is 0 Å². The van der Waals surface area contributed by atoms with Gasteiger partial charge in [-0.2, -0.15) is 0 Å². The topological polar surface area (TPSA) is 41.6 Å². The lowest BCUT2D eigenvalue weighted by Crippen LogP contribution is -2.48. The van der Waals surface area contributed by atoms with Crippen LogP contribution in [0.15, 0.2) is 0 Å². The SMILES string of the molecule is CCCC1NC(C(C)C)C(=O)N1C(C)C1CCCO1. The van der Waals surface area contributed by atoms with Gasteiger partial charge in [-0.15, -0.1) is 0 Å². The molecule has 0 spiro atoms. The van der Waals surface area contributed by atoms with Crippen LogP contribution in [-0.4, -0.2) is 41.8 Å². The van der Waals surface area contributed by atoms with Crippen molar-refractivity contribution in [2.45, 2.75) is 77.7 Å². The lowest BCUT2D eigenvalue weighted by Gasteiger charge is -2.33. The van der Waals surface area contributed by atoms with Crippen molar-refractivity contribution in [1.82, 2.24) is 10.2 Å². The molecular weight excluding hydrogens is 240 g/mol. The zero-order chi connectivity index (χ0) is 14.0. The molecule has 0 aromatic heterocycles. The Bertz CT molecular complexity index is 313. The maximum absolute atomic E-state index is 12.6. The molecule has 110 valence electrons. The van der Waals surface area contributed by atoms with Crippen LogP contribution in [0.4, 0.5) is 0 Å². The van der Waals surface area contributed by atoms with Gasteiger partial charge in [-0.3, -0.25) is 10.1 Å². The smallest absolute Gasteiger partial charge is 0.241 e. The van der Waals surface area contributed by atoms with Gasteiger partial charge in [0.25, 0.3) is 0 Å². The van der Waals surface area contributed by atoms with Crippen LogP contribution in [0.25, 0.3) is 0 Å². The van der Waals surface area contributed by atoms with Crippen molar-refractivity contribution in [3.63, 3.8) is 0 Å². The normalized spacial score (nSPS) is 33.4. The van der Waals surface area contributed by atoms with E-state index in [4.69, 9.17) is 4.74 Å². The molecule has 0 bridgehead atoms. The molecule has 2 saturated heterocycles. The van der Waals surface area contributed by atoms with E-state index in [1.807, 2.05) is 0 Å². The first-order valence-electron chi connectivity index (χ1n) is 7.76. The molecule has 0 radical (unpaired) electrons. The molecule has 0 aromatic carbocycles. The number of ether oxygens (including phenoxy) is 1. The number of nitrogens with zero attached hydrogens (tertiary/aromatic N) is 1. The quantitative estimate of drug-likeness (QED) is 0.830. The highest BCUT2D eigenvalue weighted by Crippen LogP contribution is 2.27. The summed E-state index contributed by atoms with van der Waals surface area (Å²) in [7, 11) is 0. The molecule has 2 heterocycles. The fourth-order valence-electron chi connectivity index (χ4n) is 3.29. The highest BCUT2D eigenvalue weighted by Gasteiger charge is 2.44. The van der Waals surface area contributed by atoms with Gasteiger partial charge < -0.3 is 9.64 Å². The Labute approximate surface area is 116 Å². The summed E-state index contributed by atoms with van der Waals surface area (Å²) in [6, 6.07) is 0.156. The van der Waals surface area contributed by atoms with Crippen molar-refractivity contribution < 1.29 is 9.53 Å². The molecule has 19 heavy (non-hydrogen) atoms. The first-order chi connectivity index (χ1) is 9.06. The number of hydrogen-bond acceptors (Lipinski definition) is 3. The molecule has 0 aromatic rings. The number of rotatable bonds is 5. The summed E-state index contributed by atoms with van der Waals surface area (Å²) in [6.45, 7) is 9.37. The van der Waals surface area contributed by atoms with Crippen LogP contribution in [-0.2, 0) is 9.53 Å². The molecule has 4 unspecified atom stereocenters. The van der Waals surface area contributed by atoms with Crippen LogP contribution >= 0.6 is 0 Å². The fourth-order valence-corrected chi connectivity index (χ4v) is 3.29. The molecule has 0 aliphatic carbocycles. The molecule has 1 N–H and O–H groups in total. The van der Waals surface area contributed by atoms with Crippen LogP contribution in [0, 0.1) is 5.92 Å². The number of nitrogens with one attached hydrogen (secondary N) is 1. The fraction of sp³-hybridized carbons (Fsp3) is 0.933. The van der Waals surface area contributed by atoms with E-state index in [0.717, 1.165) is 32.3 Å². The minimum absolute atomic E-state index is 0.0274. The lowest BCUT2D eigenvalue weighted by molar-refractivity contribution is -0.135. The van der Waals surface area contributed by atoms with Gasteiger partial charge in [0.2, 0.25) is 5.91 Å². The van der Waals surface area contributed by atoms with E-state index < -0.39 is 0 Å². The monoisotopic (exact) mass is 268 g/mol. The average molecular weight is 268 g/mol. The van der Waals surface area contributed by atoms with Gasteiger partial charge in [-0.05, 0) is 32.1 Å².